The number of anilines is 2. The van der Waals surface area contributed by atoms with Crippen LogP contribution in [0, 0.1) is 5.92 Å². The minimum Gasteiger partial charge on any atom is -0.447 e. The van der Waals surface area contributed by atoms with Crippen LogP contribution < -0.4 is 10.6 Å². The predicted molar refractivity (Wildman–Crippen MR) is 151 cm³/mol. The maximum absolute atomic E-state index is 12.3. The molecule has 0 spiro atoms. The van der Waals surface area contributed by atoms with Crippen LogP contribution in [-0.4, -0.2) is 89.7 Å². The number of nitrogens with two attached hydrogens (primary N) is 1. The van der Waals surface area contributed by atoms with Crippen molar-refractivity contribution in [2.75, 3.05) is 63.5 Å². The van der Waals surface area contributed by atoms with Gasteiger partial charge in [0.15, 0.2) is 0 Å². The molecule has 5 rings (SSSR count). The maximum Gasteiger partial charge on any atom is 0.410 e. The van der Waals surface area contributed by atoms with Crippen LogP contribution in [0.1, 0.15) is 37.8 Å². The molecule has 0 radical (unpaired) electrons. The van der Waals surface area contributed by atoms with E-state index >= 15 is 0 Å². The number of likely N-dealkylation sites (tertiary alicyclic amines) is 1. The van der Waals surface area contributed by atoms with Gasteiger partial charge in [-0.05, 0) is 63.3 Å². The number of nitrogen functional groups attached to an aromatic ring is 1. The molecule has 4 heterocycles. The van der Waals surface area contributed by atoms with Crippen molar-refractivity contribution in [2.45, 2.75) is 45.8 Å². The van der Waals surface area contributed by atoms with Gasteiger partial charge in [0, 0.05) is 69.7 Å². The van der Waals surface area contributed by atoms with Gasteiger partial charge in [0.25, 0.3) is 0 Å². The van der Waals surface area contributed by atoms with E-state index in [0.717, 1.165) is 94.4 Å². The van der Waals surface area contributed by atoms with Gasteiger partial charge in [-0.1, -0.05) is 18.7 Å². The molecule has 2 N–H and O–H groups in total. The summed E-state index contributed by atoms with van der Waals surface area (Å²) in [6, 6.07) is 8.71. The quantitative estimate of drug-likeness (QED) is 0.619. The number of rotatable bonds is 6. The average molecular weight is 520 g/mol. The number of likely N-dealkylation sites (N-methyl/N-ethyl adjacent to an activating group) is 1. The molecule has 1 unspecified atom stereocenters. The zero-order chi connectivity index (χ0) is 26.8. The van der Waals surface area contributed by atoms with Gasteiger partial charge in [-0.3, -0.25) is 0 Å². The normalized spacial score (nSPS) is 20.1. The van der Waals surface area contributed by atoms with Gasteiger partial charge >= 0.3 is 6.09 Å². The molecule has 2 aromatic rings. The number of carbonyl (C=O) groups is 1. The van der Waals surface area contributed by atoms with Crippen LogP contribution in [0.5, 0.6) is 0 Å². The monoisotopic (exact) mass is 519 g/mol. The summed E-state index contributed by atoms with van der Waals surface area (Å²) < 4.78 is 5.38. The van der Waals surface area contributed by atoms with Crippen molar-refractivity contribution in [2.24, 2.45) is 5.92 Å². The Morgan fingerprint density at radius 3 is 2.63 bits per heavy atom. The van der Waals surface area contributed by atoms with E-state index < -0.39 is 0 Å². The lowest BCUT2D eigenvalue weighted by Crippen LogP contribution is -2.44. The molecule has 1 atom stereocenters. The first-order valence-electron chi connectivity index (χ1n) is 13.8. The number of nitrogens with zero attached hydrogens (tertiary/aromatic N) is 6. The van der Waals surface area contributed by atoms with Crippen LogP contribution >= 0.6 is 0 Å². The van der Waals surface area contributed by atoms with E-state index in [2.05, 4.69) is 62.6 Å². The number of hydrogen-bond donors (Lipinski definition) is 1. The van der Waals surface area contributed by atoms with Crippen molar-refractivity contribution in [3.63, 3.8) is 0 Å². The molecule has 9 heteroatoms. The summed E-state index contributed by atoms with van der Waals surface area (Å²) >= 11 is 0. The Kier molecular flexibility index (Phi) is 7.74. The maximum atomic E-state index is 12.3. The van der Waals surface area contributed by atoms with E-state index in [0.29, 0.717) is 11.9 Å². The van der Waals surface area contributed by atoms with E-state index in [-0.39, 0.29) is 12.2 Å². The molecule has 3 aliphatic rings. The number of benzene rings is 1. The average Bonchev–Trinajstić information content (AvgIpc) is 3.36. The fraction of sp³-hybridized carbons (Fsp3) is 0.552. The second-order valence-electron chi connectivity index (χ2n) is 11.2. The first-order chi connectivity index (χ1) is 18.2. The van der Waals surface area contributed by atoms with Crippen molar-refractivity contribution in [1.29, 1.82) is 0 Å². The first kappa shape index (κ1) is 26.3. The molecule has 204 valence electrons. The lowest BCUT2D eigenvalue weighted by atomic mass is 9.94. The number of aromatic nitrogens is 2. The number of hydrogen-bond acceptors (Lipinski definition) is 8. The number of ether oxygens (including phenoxy) is 1. The molecule has 0 saturated carbocycles. The van der Waals surface area contributed by atoms with Gasteiger partial charge < -0.3 is 30.1 Å². The van der Waals surface area contributed by atoms with Crippen molar-refractivity contribution < 1.29 is 9.53 Å². The van der Waals surface area contributed by atoms with E-state index in [9.17, 15) is 4.79 Å². The van der Waals surface area contributed by atoms with Crippen LogP contribution in [0.2, 0.25) is 0 Å². The minimum absolute atomic E-state index is 0.0908. The molecule has 0 aliphatic carbocycles. The highest BCUT2D eigenvalue weighted by atomic mass is 16.6. The molecule has 2 fully saturated rings. The van der Waals surface area contributed by atoms with Crippen LogP contribution in [0.4, 0.5) is 16.6 Å². The van der Waals surface area contributed by atoms with Crippen molar-refractivity contribution in [3.8, 4) is 11.3 Å². The highest BCUT2D eigenvalue weighted by molar-refractivity contribution is 5.68. The summed E-state index contributed by atoms with van der Waals surface area (Å²) in [6.45, 7) is 15.4. The molecule has 9 nitrogen and oxygen atoms in total. The molecule has 1 aromatic heterocycles. The van der Waals surface area contributed by atoms with Gasteiger partial charge in [0.2, 0.25) is 5.95 Å². The Labute approximate surface area is 226 Å². The molecule has 3 aliphatic heterocycles. The van der Waals surface area contributed by atoms with Gasteiger partial charge in [-0.15, -0.1) is 0 Å². The van der Waals surface area contributed by atoms with Crippen molar-refractivity contribution >= 4 is 17.9 Å². The Morgan fingerprint density at radius 2 is 1.87 bits per heavy atom. The number of fused-ring (bicyclic) bond motifs is 1. The van der Waals surface area contributed by atoms with Gasteiger partial charge in [0.1, 0.15) is 5.82 Å². The van der Waals surface area contributed by atoms with Crippen LogP contribution in [-0.2, 0) is 17.7 Å². The zero-order valence-electron chi connectivity index (χ0n) is 23.0. The minimum atomic E-state index is -0.200. The lowest BCUT2D eigenvalue weighted by Gasteiger charge is -2.34. The van der Waals surface area contributed by atoms with Crippen LogP contribution in [0.15, 0.2) is 36.5 Å². The fourth-order valence-electron chi connectivity index (χ4n) is 5.69. The first-order valence-corrected chi connectivity index (χ1v) is 13.8. The van der Waals surface area contributed by atoms with Gasteiger partial charge in [-0.2, -0.15) is 4.98 Å². The largest absolute Gasteiger partial charge is 0.447 e. The highest BCUT2D eigenvalue weighted by Crippen LogP contribution is 2.31. The summed E-state index contributed by atoms with van der Waals surface area (Å²) in [7, 11) is 2.15. The number of piperazine rings is 1. The predicted octanol–water partition coefficient (Wildman–Crippen LogP) is 3.61. The third-order valence-electron chi connectivity index (χ3n) is 7.92. The standard InChI is InChI=1S/C29H41N7O2/c1-20(2)38-29(37)36-9-7-22(18-36)15-21(3)35-10-8-23-5-6-24(16-25(23)19-35)26-17-27(32-28(30)31-26)34-13-11-33(4)12-14-34/h5-6,16-17,20,22H,3,7-15,18-19H2,1-2,4H3,(H2,30,31,32). The Morgan fingerprint density at radius 1 is 1.08 bits per heavy atom. The molecular weight excluding hydrogens is 478 g/mol. The van der Waals surface area contributed by atoms with E-state index in [1.807, 2.05) is 18.7 Å². The fourth-order valence-corrected chi connectivity index (χ4v) is 5.69. The highest BCUT2D eigenvalue weighted by Gasteiger charge is 2.29. The summed E-state index contributed by atoms with van der Waals surface area (Å²) in [5.74, 6) is 1.63. The van der Waals surface area contributed by atoms with Crippen LogP contribution in [0.3, 0.4) is 0 Å². The SMILES string of the molecule is C=C(CC1CCN(C(=O)OC(C)C)C1)N1CCc2ccc(-c3cc(N4CCN(C)CC4)nc(N)n3)cc2C1. The van der Waals surface area contributed by atoms with E-state index in [1.165, 1.54) is 11.1 Å². The summed E-state index contributed by atoms with van der Waals surface area (Å²) in [5, 5.41) is 0. The van der Waals surface area contributed by atoms with Crippen molar-refractivity contribution in [3.05, 3.63) is 47.7 Å². The Balaban J connectivity index is 1.24. The smallest absolute Gasteiger partial charge is 0.410 e. The second kappa shape index (κ2) is 11.2. The molecule has 0 bridgehead atoms. The van der Waals surface area contributed by atoms with E-state index in [1.54, 1.807) is 0 Å². The zero-order valence-corrected chi connectivity index (χ0v) is 23.0. The molecule has 1 amide bonds. The summed E-state index contributed by atoms with van der Waals surface area (Å²) in [5.41, 5.74) is 11.9. The molecule has 38 heavy (non-hydrogen) atoms. The second-order valence-corrected chi connectivity index (χ2v) is 11.2. The van der Waals surface area contributed by atoms with E-state index in [4.69, 9.17) is 10.5 Å². The lowest BCUT2D eigenvalue weighted by molar-refractivity contribution is 0.0825. The third-order valence-corrected chi connectivity index (χ3v) is 7.92. The topological polar surface area (TPSA) is 91.1 Å². The number of carbonyl (C=O) groups excluding carboxylic acids is 1. The molecule has 1 aromatic carbocycles. The van der Waals surface area contributed by atoms with Gasteiger partial charge in [0.05, 0.1) is 11.8 Å². The molecular formula is C29H41N7O2. The Hall–Kier alpha value is -3.33. The number of allylic oxidation sites excluding steroid dienone is 1. The van der Waals surface area contributed by atoms with Crippen molar-refractivity contribution in [1.82, 2.24) is 24.7 Å². The Bertz CT molecular complexity index is 1180. The molecule has 2 saturated heterocycles. The third kappa shape index (κ3) is 6.04. The van der Waals surface area contributed by atoms with Gasteiger partial charge in [-0.25, -0.2) is 9.78 Å². The summed E-state index contributed by atoms with van der Waals surface area (Å²) in [6.07, 6.45) is 2.59. The summed E-state index contributed by atoms with van der Waals surface area (Å²) in [4.78, 5) is 30.2. The number of amides is 1. The van der Waals surface area contributed by atoms with Crippen LogP contribution in [0.25, 0.3) is 11.3 Å².